The highest BCUT2D eigenvalue weighted by molar-refractivity contribution is 5.79. The van der Waals surface area contributed by atoms with Crippen molar-refractivity contribution in [2.45, 2.75) is 25.9 Å². The summed E-state index contributed by atoms with van der Waals surface area (Å²) in [6.45, 7) is 4.41. The normalized spacial score (nSPS) is 16.4. The van der Waals surface area contributed by atoms with Gasteiger partial charge in [-0.3, -0.25) is 9.89 Å². The fraction of sp³-hybridized carbons (Fsp3) is 0.562. The zero-order chi connectivity index (χ0) is 14.4. The summed E-state index contributed by atoms with van der Waals surface area (Å²) in [5.41, 5.74) is 2.70. The minimum Gasteiger partial charge on any atom is -0.352 e. The van der Waals surface area contributed by atoms with Gasteiger partial charge in [0, 0.05) is 34.2 Å². The summed E-state index contributed by atoms with van der Waals surface area (Å²) < 4.78 is 0. The number of benzene rings is 1. The summed E-state index contributed by atoms with van der Waals surface area (Å²) in [5.74, 6) is 0.908. The van der Waals surface area contributed by atoms with E-state index < -0.39 is 0 Å². The van der Waals surface area contributed by atoms with Gasteiger partial charge in [-0.05, 0) is 37.1 Å². The Morgan fingerprint density at radius 2 is 1.75 bits per heavy atom. The second kappa shape index (κ2) is 7.29. The van der Waals surface area contributed by atoms with E-state index >= 15 is 0 Å². The second-order valence-electron chi connectivity index (χ2n) is 5.59. The predicted molar refractivity (Wildman–Crippen MR) is 84.8 cm³/mol. The summed E-state index contributed by atoms with van der Waals surface area (Å²) in [7, 11) is 5.80. The molecule has 1 heterocycles. The quantitative estimate of drug-likeness (QED) is 0.672. The molecule has 0 spiro atoms. The number of hydrogen-bond donors (Lipinski definition) is 1. The molecule has 1 saturated heterocycles. The lowest BCUT2D eigenvalue weighted by atomic mass is 10.1. The minimum atomic E-state index is 0.814. The van der Waals surface area contributed by atoms with Crippen molar-refractivity contribution in [1.82, 2.24) is 15.1 Å². The van der Waals surface area contributed by atoms with Gasteiger partial charge in [-0.2, -0.15) is 0 Å². The Morgan fingerprint density at radius 3 is 2.30 bits per heavy atom. The van der Waals surface area contributed by atoms with Crippen LogP contribution in [0.25, 0.3) is 0 Å². The molecule has 2 rings (SSSR count). The van der Waals surface area contributed by atoms with Gasteiger partial charge in [-0.15, -0.1) is 0 Å². The fourth-order valence-corrected chi connectivity index (χ4v) is 2.58. The molecule has 1 fully saturated rings. The van der Waals surface area contributed by atoms with Crippen LogP contribution >= 0.6 is 0 Å². The first-order valence-corrected chi connectivity index (χ1v) is 7.37. The van der Waals surface area contributed by atoms with Crippen LogP contribution in [0.1, 0.15) is 24.0 Å². The molecule has 20 heavy (non-hydrogen) atoms. The largest absolute Gasteiger partial charge is 0.352 e. The van der Waals surface area contributed by atoms with E-state index in [1.165, 1.54) is 37.1 Å². The summed E-state index contributed by atoms with van der Waals surface area (Å²) in [6.07, 6.45) is 2.71. The number of rotatable bonds is 4. The fourth-order valence-electron chi connectivity index (χ4n) is 2.58. The summed E-state index contributed by atoms with van der Waals surface area (Å²) in [5, 5.41) is 3.34. The third-order valence-electron chi connectivity index (χ3n) is 3.71. The SMILES string of the molecule is CN=C(NCc1ccc(CN2CCCC2)cc1)N(C)C. The van der Waals surface area contributed by atoms with Gasteiger partial charge < -0.3 is 10.2 Å². The van der Waals surface area contributed by atoms with Gasteiger partial charge in [0.25, 0.3) is 0 Å². The van der Waals surface area contributed by atoms with Gasteiger partial charge >= 0.3 is 0 Å². The maximum atomic E-state index is 4.21. The van der Waals surface area contributed by atoms with Crippen molar-refractivity contribution in [3.8, 4) is 0 Å². The molecule has 0 aliphatic carbocycles. The summed E-state index contributed by atoms with van der Waals surface area (Å²) in [6, 6.07) is 8.91. The molecule has 0 atom stereocenters. The zero-order valence-corrected chi connectivity index (χ0v) is 12.9. The van der Waals surface area contributed by atoms with E-state index in [2.05, 4.69) is 39.5 Å². The molecule has 0 amide bonds. The minimum absolute atomic E-state index is 0.814. The molecular weight excluding hydrogens is 248 g/mol. The van der Waals surface area contributed by atoms with Crippen LogP contribution in [0.15, 0.2) is 29.3 Å². The monoisotopic (exact) mass is 274 g/mol. The molecule has 1 aliphatic rings. The van der Waals surface area contributed by atoms with Gasteiger partial charge in [0.15, 0.2) is 5.96 Å². The smallest absolute Gasteiger partial charge is 0.193 e. The van der Waals surface area contributed by atoms with Crippen molar-refractivity contribution in [3.63, 3.8) is 0 Å². The number of aliphatic imine (C=N–C) groups is 1. The summed E-state index contributed by atoms with van der Waals surface area (Å²) >= 11 is 0. The second-order valence-corrected chi connectivity index (χ2v) is 5.59. The number of hydrogen-bond acceptors (Lipinski definition) is 2. The van der Waals surface area contributed by atoms with E-state index in [0.717, 1.165) is 19.0 Å². The third kappa shape index (κ3) is 4.23. The molecule has 0 bridgehead atoms. The van der Waals surface area contributed by atoms with E-state index in [-0.39, 0.29) is 0 Å². The Kier molecular flexibility index (Phi) is 5.41. The van der Waals surface area contributed by atoms with Crippen molar-refractivity contribution in [2.75, 3.05) is 34.2 Å². The standard InChI is InChI=1S/C16H26N4/c1-17-16(19(2)3)18-12-14-6-8-15(9-7-14)13-20-10-4-5-11-20/h6-9H,4-5,10-13H2,1-3H3,(H,17,18). The van der Waals surface area contributed by atoms with E-state index in [4.69, 9.17) is 0 Å². The maximum absolute atomic E-state index is 4.21. The van der Waals surface area contributed by atoms with Crippen LogP contribution in [0, 0.1) is 0 Å². The highest BCUT2D eigenvalue weighted by Crippen LogP contribution is 2.13. The van der Waals surface area contributed by atoms with Gasteiger partial charge in [0.1, 0.15) is 0 Å². The van der Waals surface area contributed by atoms with Crippen LogP contribution < -0.4 is 5.32 Å². The first kappa shape index (κ1) is 14.9. The van der Waals surface area contributed by atoms with E-state index in [1.807, 2.05) is 26.0 Å². The molecule has 4 nitrogen and oxygen atoms in total. The topological polar surface area (TPSA) is 30.9 Å². The summed E-state index contributed by atoms with van der Waals surface area (Å²) in [4.78, 5) is 8.73. The highest BCUT2D eigenvalue weighted by Gasteiger charge is 2.11. The van der Waals surface area contributed by atoms with Crippen LogP contribution in [-0.2, 0) is 13.1 Å². The Morgan fingerprint density at radius 1 is 1.15 bits per heavy atom. The van der Waals surface area contributed by atoms with E-state index in [0.29, 0.717) is 0 Å². The van der Waals surface area contributed by atoms with Crippen molar-refractivity contribution in [2.24, 2.45) is 4.99 Å². The lowest BCUT2D eigenvalue weighted by Gasteiger charge is -2.17. The van der Waals surface area contributed by atoms with Crippen LogP contribution in [0.3, 0.4) is 0 Å². The van der Waals surface area contributed by atoms with E-state index in [1.54, 1.807) is 0 Å². The Balaban J connectivity index is 1.84. The molecule has 1 aliphatic heterocycles. The molecule has 0 radical (unpaired) electrons. The van der Waals surface area contributed by atoms with Crippen molar-refractivity contribution in [1.29, 1.82) is 0 Å². The number of guanidine groups is 1. The average Bonchev–Trinajstić information content (AvgIpc) is 2.94. The molecule has 0 aromatic heterocycles. The Labute approximate surface area is 122 Å². The van der Waals surface area contributed by atoms with Crippen LogP contribution in [0.4, 0.5) is 0 Å². The lowest BCUT2D eigenvalue weighted by Crippen LogP contribution is -2.35. The molecule has 1 aromatic carbocycles. The van der Waals surface area contributed by atoms with Gasteiger partial charge in [0.2, 0.25) is 0 Å². The number of nitrogens with zero attached hydrogens (tertiary/aromatic N) is 3. The number of nitrogens with one attached hydrogen (secondary N) is 1. The number of likely N-dealkylation sites (tertiary alicyclic amines) is 1. The maximum Gasteiger partial charge on any atom is 0.193 e. The molecule has 4 heteroatoms. The molecule has 0 unspecified atom stereocenters. The molecule has 0 saturated carbocycles. The van der Waals surface area contributed by atoms with Crippen molar-refractivity contribution >= 4 is 5.96 Å². The third-order valence-corrected chi connectivity index (χ3v) is 3.71. The first-order valence-electron chi connectivity index (χ1n) is 7.37. The van der Waals surface area contributed by atoms with Crippen LogP contribution in [0.5, 0.6) is 0 Å². The van der Waals surface area contributed by atoms with E-state index in [9.17, 15) is 0 Å². The van der Waals surface area contributed by atoms with Crippen molar-refractivity contribution < 1.29 is 0 Å². The zero-order valence-electron chi connectivity index (χ0n) is 12.9. The Hall–Kier alpha value is -1.55. The van der Waals surface area contributed by atoms with Crippen LogP contribution in [-0.4, -0.2) is 50.0 Å². The first-order chi connectivity index (χ1) is 9.69. The average molecular weight is 274 g/mol. The molecule has 1 aromatic rings. The highest BCUT2D eigenvalue weighted by atomic mass is 15.3. The Bertz CT molecular complexity index is 430. The van der Waals surface area contributed by atoms with Gasteiger partial charge in [-0.25, -0.2) is 0 Å². The van der Waals surface area contributed by atoms with Gasteiger partial charge in [-0.1, -0.05) is 24.3 Å². The molecule has 1 N–H and O–H groups in total. The van der Waals surface area contributed by atoms with Crippen molar-refractivity contribution in [3.05, 3.63) is 35.4 Å². The molecule has 110 valence electrons. The lowest BCUT2D eigenvalue weighted by molar-refractivity contribution is 0.331. The molecular formula is C16H26N4. The van der Waals surface area contributed by atoms with Crippen LogP contribution in [0.2, 0.25) is 0 Å². The van der Waals surface area contributed by atoms with Gasteiger partial charge in [0.05, 0.1) is 0 Å². The predicted octanol–water partition coefficient (Wildman–Crippen LogP) is 1.92.